The van der Waals surface area contributed by atoms with E-state index < -0.39 is 0 Å². The molecule has 0 aliphatic heterocycles. The van der Waals surface area contributed by atoms with E-state index in [9.17, 15) is 4.39 Å². The normalized spacial score (nSPS) is 19.0. The minimum Gasteiger partial charge on any atom is -0.381 e. The van der Waals surface area contributed by atoms with Crippen molar-refractivity contribution in [2.75, 3.05) is 12.4 Å². The first-order chi connectivity index (χ1) is 14.4. The summed E-state index contributed by atoms with van der Waals surface area (Å²) in [5.41, 5.74) is 3.57. The summed E-state index contributed by atoms with van der Waals surface area (Å²) in [6.07, 6.45) is 5.87. The van der Waals surface area contributed by atoms with Crippen LogP contribution in [0.3, 0.4) is 0 Å². The smallest absolute Gasteiger partial charge is 0.224 e. The number of hydrogen-bond acceptors (Lipinski definition) is 5. The van der Waals surface area contributed by atoms with Gasteiger partial charge in [0.25, 0.3) is 0 Å². The minimum absolute atomic E-state index is 0.189. The highest BCUT2D eigenvalue weighted by atomic mass is 19.1. The quantitative estimate of drug-likeness (QED) is 0.505. The average Bonchev–Trinajstić information content (AvgIpc) is 3.24. The number of rotatable bonds is 5. The van der Waals surface area contributed by atoms with Crippen molar-refractivity contribution in [3.8, 4) is 11.1 Å². The summed E-state index contributed by atoms with van der Waals surface area (Å²) in [5, 5.41) is 4.20. The Morgan fingerprint density at radius 3 is 2.80 bits per heavy atom. The van der Waals surface area contributed by atoms with Crippen LogP contribution in [0.15, 0.2) is 24.5 Å². The van der Waals surface area contributed by atoms with Crippen molar-refractivity contribution in [3.63, 3.8) is 0 Å². The molecule has 30 heavy (non-hydrogen) atoms. The fourth-order valence-corrected chi connectivity index (χ4v) is 4.35. The molecule has 0 amide bonds. The van der Waals surface area contributed by atoms with Crippen molar-refractivity contribution < 1.29 is 9.13 Å². The predicted octanol–water partition coefficient (Wildman–Crippen LogP) is 4.59. The molecule has 0 atom stereocenters. The number of nitrogens with zero attached hydrogens (tertiary/aromatic N) is 4. The van der Waals surface area contributed by atoms with Gasteiger partial charge in [0.2, 0.25) is 5.95 Å². The second-order valence-electron chi connectivity index (χ2n) is 8.28. The molecule has 3 heterocycles. The lowest BCUT2D eigenvalue weighted by molar-refractivity contribution is 0.0327. The number of nitrogens with one attached hydrogen (secondary N) is 2. The van der Waals surface area contributed by atoms with Gasteiger partial charge in [0, 0.05) is 42.5 Å². The van der Waals surface area contributed by atoms with Crippen LogP contribution in [0.1, 0.15) is 38.6 Å². The lowest BCUT2D eigenvalue weighted by atomic mass is 9.89. The summed E-state index contributed by atoms with van der Waals surface area (Å²) in [6, 6.07) is 4.05. The van der Waals surface area contributed by atoms with Gasteiger partial charge in [0.1, 0.15) is 17.0 Å². The number of imidazole rings is 1. The molecule has 0 bridgehead atoms. The fourth-order valence-electron chi connectivity index (χ4n) is 4.35. The number of anilines is 1. The number of fused-ring (bicyclic) bond motifs is 2. The van der Waals surface area contributed by atoms with Crippen LogP contribution in [-0.2, 0) is 4.74 Å². The van der Waals surface area contributed by atoms with E-state index in [0.29, 0.717) is 23.6 Å². The summed E-state index contributed by atoms with van der Waals surface area (Å²) in [5.74, 6) is 1.07. The largest absolute Gasteiger partial charge is 0.381 e. The maximum Gasteiger partial charge on any atom is 0.224 e. The highest BCUT2D eigenvalue weighted by molar-refractivity contribution is 5.96. The van der Waals surface area contributed by atoms with Gasteiger partial charge in [-0.05, 0) is 51.3 Å². The predicted molar refractivity (Wildman–Crippen MR) is 115 cm³/mol. The molecule has 0 saturated heterocycles. The zero-order valence-corrected chi connectivity index (χ0v) is 17.5. The molecule has 0 unspecified atom stereocenters. The monoisotopic (exact) mass is 408 g/mol. The van der Waals surface area contributed by atoms with Crippen LogP contribution < -0.4 is 5.32 Å². The van der Waals surface area contributed by atoms with Crippen molar-refractivity contribution in [3.05, 3.63) is 36.2 Å². The molecule has 156 valence electrons. The zero-order valence-electron chi connectivity index (χ0n) is 17.5. The Labute approximate surface area is 173 Å². The molecular formula is C22H25FN6O. The van der Waals surface area contributed by atoms with E-state index in [1.807, 2.05) is 19.2 Å². The molecule has 4 aromatic rings. The van der Waals surface area contributed by atoms with E-state index >= 15 is 0 Å². The van der Waals surface area contributed by atoms with E-state index in [2.05, 4.69) is 43.7 Å². The SMILES string of the molecule is CO[C@H]1C[C@@H](Nc2ncc3c(-c4cc(F)c5nc(C)n(C(C)C)c5c4)c[nH]c3n2)C1. The summed E-state index contributed by atoms with van der Waals surface area (Å²) < 4.78 is 22.2. The highest BCUT2D eigenvalue weighted by Gasteiger charge is 2.29. The van der Waals surface area contributed by atoms with E-state index in [4.69, 9.17) is 4.74 Å². The van der Waals surface area contributed by atoms with Crippen molar-refractivity contribution in [1.82, 2.24) is 24.5 Å². The third-order valence-corrected chi connectivity index (χ3v) is 5.95. The van der Waals surface area contributed by atoms with E-state index in [1.165, 1.54) is 6.07 Å². The molecule has 8 heteroatoms. The lowest BCUT2D eigenvalue weighted by Crippen LogP contribution is -2.40. The Bertz CT molecular complexity index is 1240. The number of benzene rings is 1. The number of halogens is 1. The molecular weight excluding hydrogens is 383 g/mol. The molecule has 1 aliphatic rings. The Morgan fingerprint density at radius 1 is 1.27 bits per heavy atom. The van der Waals surface area contributed by atoms with Crippen molar-refractivity contribution >= 4 is 28.0 Å². The van der Waals surface area contributed by atoms with Crippen LogP contribution in [0, 0.1) is 12.7 Å². The Morgan fingerprint density at radius 2 is 2.07 bits per heavy atom. The standard InChI is InChI=1S/C22H25FN6O/c1-11(2)29-12(3)26-20-18(23)5-13(6-19(20)29)16-9-24-21-17(16)10-25-22(28-21)27-14-7-15(8-14)30-4/h5-6,9-11,14-15H,7-8H2,1-4H3,(H2,24,25,27,28)/t14-,15+. The topological polar surface area (TPSA) is 80.6 Å². The van der Waals surface area contributed by atoms with Gasteiger partial charge < -0.3 is 19.6 Å². The van der Waals surface area contributed by atoms with Crippen LogP contribution >= 0.6 is 0 Å². The molecule has 5 rings (SSSR count). The molecule has 1 fully saturated rings. The van der Waals surface area contributed by atoms with E-state index in [-0.39, 0.29) is 11.9 Å². The van der Waals surface area contributed by atoms with Crippen molar-refractivity contribution in [2.24, 2.45) is 0 Å². The summed E-state index contributed by atoms with van der Waals surface area (Å²) in [4.78, 5) is 16.7. The van der Waals surface area contributed by atoms with E-state index in [0.717, 1.165) is 46.3 Å². The zero-order chi connectivity index (χ0) is 21.0. The molecule has 1 saturated carbocycles. The van der Waals surface area contributed by atoms with Gasteiger partial charge in [0.05, 0.1) is 11.6 Å². The first-order valence-electron chi connectivity index (χ1n) is 10.3. The molecule has 1 aliphatic carbocycles. The van der Waals surface area contributed by atoms with Gasteiger partial charge in [-0.2, -0.15) is 4.98 Å². The first-order valence-corrected chi connectivity index (χ1v) is 10.3. The third kappa shape index (κ3) is 3.02. The number of hydrogen-bond donors (Lipinski definition) is 2. The van der Waals surface area contributed by atoms with Gasteiger partial charge in [-0.3, -0.25) is 0 Å². The molecule has 0 radical (unpaired) electrons. The lowest BCUT2D eigenvalue weighted by Gasteiger charge is -2.34. The third-order valence-electron chi connectivity index (χ3n) is 5.95. The number of methoxy groups -OCH3 is 1. The molecule has 2 N–H and O–H groups in total. The van der Waals surface area contributed by atoms with Crippen LogP contribution in [0.25, 0.3) is 33.2 Å². The fraction of sp³-hybridized carbons (Fsp3) is 0.409. The second kappa shape index (κ2) is 7.05. The molecule has 3 aromatic heterocycles. The van der Waals surface area contributed by atoms with Crippen molar-refractivity contribution in [2.45, 2.75) is 51.8 Å². The van der Waals surface area contributed by atoms with Gasteiger partial charge in [-0.15, -0.1) is 0 Å². The van der Waals surface area contributed by atoms with Crippen LogP contribution in [0.2, 0.25) is 0 Å². The number of ether oxygens (including phenoxy) is 1. The second-order valence-corrected chi connectivity index (χ2v) is 8.28. The minimum atomic E-state index is -0.323. The first kappa shape index (κ1) is 19.0. The Balaban J connectivity index is 1.52. The number of aryl methyl sites for hydroxylation is 1. The number of aromatic nitrogens is 5. The van der Waals surface area contributed by atoms with Crippen LogP contribution in [0.5, 0.6) is 0 Å². The maximum absolute atomic E-state index is 14.9. The van der Waals surface area contributed by atoms with Crippen LogP contribution in [-0.4, -0.2) is 43.8 Å². The van der Waals surface area contributed by atoms with Crippen molar-refractivity contribution in [1.29, 1.82) is 0 Å². The molecule has 7 nitrogen and oxygen atoms in total. The number of H-pyrrole nitrogens is 1. The van der Waals surface area contributed by atoms with Gasteiger partial charge in [-0.25, -0.2) is 14.4 Å². The summed E-state index contributed by atoms with van der Waals surface area (Å²) in [6.45, 7) is 6.05. The molecule has 0 spiro atoms. The Hall–Kier alpha value is -3.00. The average molecular weight is 408 g/mol. The van der Waals surface area contributed by atoms with Gasteiger partial charge in [-0.1, -0.05) is 0 Å². The summed E-state index contributed by atoms with van der Waals surface area (Å²) >= 11 is 0. The summed E-state index contributed by atoms with van der Waals surface area (Å²) in [7, 11) is 1.74. The van der Waals surface area contributed by atoms with Crippen LogP contribution in [0.4, 0.5) is 10.3 Å². The number of aromatic amines is 1. The molecule has 1 aromatic carbocycles. The maximum atomic E-state index is 14.9. The van der Waals surface area contributed by atoms with E-state index in [1.54, 1.807) is 13.3 Å². The van der Waals surface area contributed by atoms with Gasteiger partial charge in [0.15, 0.2) is 5.82 Å². The Kier molecular flexibility index (Phi) is 4.47. The highest BCUT2D eigenvalue weighted by Crippen LogP contribution is 2.33. The van der Waals surface area contributed by atoms with Gasteiger partial charge >= 0.3 is 0 Å².